The van der Waals surface area contributed by atoms with Crippen LogP contribution in [0, 0.1) is 11.6 Å². The highest BCUT2D eigenvalue weighted by Crippen LogP contribution is 2.20. The van der Waals surface area contributed by atoms with E-state index >= 15 is 0 Å². The van der Waals surface area contributed by atoms with Gasteiger partial charge in [0.1, 0.15) is 0 Å². The normalized spacial score (nSPS) is 13.1. The summed E-state index contributed by atoms with van der Waals surface area (Å²) in [5.74, 6) is -1.61. The lowest BCUT2D eigenvalue weighted by molar-refractivity contribution is 0.110. The number of nitrogens with zero attached hydrogens (tertiary/aromatic N) is 1. The zero-order chi connectivity index (χ0) is 12.8. The van der Waals surface area contributed by atoms with Gasteiger partial charge in [-0.3, -0.25) is 4.90 Å². The highest BCUT2D eigenvalue weighted by Gasteiger charge is 2.13. The van der Waals surface area contributed by atoms with E-state index in [1.54, 1.807) is 6.07 Å². The van der Waals surface area contributed by atoms with Gasteiger partial charge in [0.15, 0.2) is 11.6 Å². The zero-order valence-electron chi connectivity index (χ0n) is 10.5. The van der Waals surface area contributed by atoms with E-state index in [9.17, 15) is 8.78 Å². The molecule has 0 fully saturated rings. The maximum atomic E-state index is 13.1. The lowest BCUT2D eigenvalue weighted by Gasteiger charge is -2.24. The van der Waals surface area contributed by atoms with Gasteiger partial charge in [-0.2, -0.15) is 0 Å². The Hall–Kier alpha value is -1.00. The number of hydrogen-bond donors (Lipinski definition) is 0. The SMILES string of the molecule is CCOCCN(C)C(C)c1ccc(F)c(F)c1. The monoisotopic (exact) mass is 243 g/mol. The number of hydrogen-bond acceptors (Lipinski definition) is 2. The van der Waals surface area contributed by atoms with Gasteiger partial charge < -0.3 is 4.74 Å². The molecule has 0 aliphatic rings. The molecule has 0 bridgehead atoms. The maximum absolute atomic E-state index is 13.1. The van der Waals surface area contributed by atoms with E-state index in [1.165, 1.54) is 6.07 Å². The summed E-state index contributed by atoms with van der Waals surface area (Å²) in [7, 11) is 1.94. The maximum Gasteiger partial charge on any atom is 0.159 e. The Bertz CT molecular complexity index is 357. The average molecular weight is 243 g/mol. The third-order valence-corrected chi connectivity index (χ3v) is 2.88. The van der Waals surface area contributed by atoms with Crippen LogP contribution in [-0.2, 0) is 4.74 Å². The minimum Gasteiger partial charge on any atom is -0.380 e. The number of benzene rings is 1. The molecule has 0 N–H and O–H groups in total. The number of halogens is 2. The molecular formula is C13H19F2NO. The van der Waals surface area contributed by atoms with Crippen molar-refractivity contribution in [3.05, 3.63) is 35.4 Å². The molecule has 1 atom stereocenters. The first-order valence-electron chi connectivity index (χ1n) is 5.79. The zero-order valence-corrected chi connectivity index (χ0v) is 10.5. The minimum absolute atomic E-state index is 0.0329. The van der Waals surface area contributed by atoms with Crippen molar-refractivity contribution >= 4 is 0 Å². The van der Waals surface area contributed by atoms with Gasteiger partial charge in [0, 0.05) is 19.2 Å². The van der Waals surface area contributed by atoms with E-state index in [0.29, 0.717) is 13.2 Å². The average Bonchev–Trinajstić information content (AvgIpc) is 2.32. The van der Waals surface area contributed by atoms with Gasteiger partial charge in [-0.15, -0.1) is 0 Å². The molecule has 17 heavy (non-hydrogen) atoms. The van der Waals surface area contributed by atoms with Crippen molar-refractivity contribution in [2.24, 2.45) is 0 Å². The van der Waals surface area contributed by atoms with Gasteiger partial charge in [-0.25, -0.2) is 8.78 Å². The summed E-state index contributed by atoms with van der Waals surface area (Å²) in [6.45, 7) is 5.99. The lowest BCUT2D eigenvalue weighted by atomic mass is 10.1. The van der Waals surface area contributed by atoms with Crippen LogP contribution in [0.1, 0.15) is 25.5 Å². The van der Waals surface area contributed by atoms with Crippen LogP contribution in [0.25, 0.3) is 0 Å². The van der Waals surface area contributed by atoms with Gasteiger partial charge in [-0.1, -0.05) is 6.07 Å². The van der Waals surface area contributed by atoms with Crippen molar-refractivity contribution in [3.63, 3.8) is 0 Å². The number of likely N-dealkylation sites (N-methyl/N-ethyl adjacent to an activating group) is 1. The molecule has 0 aliphatic carbocycles. The van der Waals surface area contributed by atoms with Crippen LogP contribution in [0.5, 0.6) is 0 Å². The van der Waals surface area contributed by atoms with Crippen LogP contribution in [0.15, 0.2) is 18.2 Å². The molecule has 0 radical (unpaired) electrons. The van der Waals surface area contributed by atoms with Crippen molar-refractivity contribution < 1.29 is 13.5 Å². The summed E-state index contributed by atoms with van der Waals surface area (Å²) in [6.07, 6.45) is 0. The van der Waals surface area contributed by atoms with Crippen LogP contribution in [-0.4, -0.2) is 31.7 Å². The van der Waals surface area contributed by atoms with Crippen molar-refractivity contribution in [3.8, 4) is 0 Å². The fraction of sp³-hybridized carbons (Fsp3) is 0.538. The molecule has 0 aromatic heterocycles. The molecule has 0 heterocycles. The summed E-state index contributed by atoms with van der Waals surface area (Å²) in [5.41, 5.74) is 0.767. The Labute approximate surface area is 101 Å². The Kier molecular flexibility index (Phi) is 5.51. The summed E-state index contributed by atoms with van der Waals surface area (Å²) < 4.78 is 31.2. The molecule has 0 amide bonds. The van der Waals surface area contributed by atoms with Crippen molar-refractivity contribution in [1.82, 2.24) is 4.90 Å². The van der Waals surface area contributed by atoms with Crippen LogP contribution in [0.4, 0.5) is 8.78 Å². The molecule has 1 aromatic carbocycles. The highest BCUT2D eigenvalue weighted by molar-refractivity contribution is 5.20. The van der Waals surface area contributed by atoms with Crippen LogP contribution < -0.4 is 0 Å². The summed E-state index contributed by atoms with van der Waals surface area (Å²) in [6, 6.07) is 4.06. The highest BCUT2D eigenvalue weighted by atomic mass is 19.2. The summed E-state index contributed by atoms with van der Waals surface area (Å²) in [4.78, 5) is 2.04. The Morgan fingerprint density at radius 3 is 2.59 bits per heavy atom. The van der Waals surface area contributed by atoms with E-state index in [0.717, 1.165) is 18.2 Å². The third kappa shape index (κ3) is 4.06. The van der Waals surface area contributed by atoms with E-state index < -0.39 is 11.6 Å². The smallest absolute Gasteiger partial charge is 0.159 e. The fourth-order valence-corrected chi connectivity index (χ4v) is 1.57. The van der Waals surface area contributed by atoms with Gasteiger partial charge >= 0.3 is 0 Å². The van der Waals surface area contributed by atoms with E-state index in [1.807, 2.05) is 25.8 Å². The number of rotatable bonds is 6. The molecular weight excluding hydrogens is 224 g/mol. The minimum atomic E-state index is -0.807. The van der Waals surface area contributed by atoms with Gasteiger partial charge in [0.05, 0.1) is 6.61 Å². The molecule has 96 valence electrons. The van der Waals surface area contributed by atoms with Crippen LogP contribution in [0.2, 0.25) is 0 Å². The van der Waals surface area contributed by atoms with E-state index in [4.69, 9.17) is 4.74 Å². The molecule has 1 aromatic rings. The molecule has 1 rings (SSSR count). The Morgan fingerprint density at radius 2 is 2.00 bits per heavy atom. The Balaban J connectivity index is 2.61. The van der Waals surface area contributed by atoms with Gasteiger partial charge in [0.25, 0.3) is 0 Å². The van der Waals surface area contributed by atoms with Crippen LogP contribution in [0.3, 0.4) is 0 Å². The van der Waals surface area contributed by atoms with Gasteiger partial charge in [0.2, 0.25) is 0 Å². The third-order valence-electron chi connectivity index (χ3n) is 2.88. The molecule has 0 saturated carbocycles. The second-order valence-electron chi connectivity index (χ2n) is 4.03. The lowest BCUT2D eigenvalue weighted by Crippen LogP contribution is -2.26. The molecule has 0 aliphatic heterocycles. The second kappa shape index (κ2) is 6.67. The largest absolute Gasteiger partial charge is 0.380 e. The van der Waals surface area contributed by atoms with Crippen molar-refractivity contribution in [1.29, 1.82) is 0 Å². The quantitative estimate of drug-likeness (QED) is 0.712. The molecule has 2 nitrogen and oxygen atoms in total. The summed E-state index contributed by atoms with van der Waals surface area (Å²) >= 11 is 0. The summed E-state index contributed by atoms with van der Waals surface area (Å²) in [5, 5.41) is 0. The van der Waals surface area contributed by atoms with Crippen LogP contribution >= 0.6 is 0 Å². The van der Waals surface area contributed by atoms with E-state index in [-0.39, 0.29) is 6.04 Å². The molecule has 1 unspecified atom stereocenters. The van der Waals surface area contributed by atoms with E-state index in [2.05, 4.69) is 0 Å². The Morgan fingerprint density at radius 1 is 1.29 bits per heavy atom. The first-order valence-corrected chi connectivity index (χ1v) is 5.79. The molecule has 0 saturated heterocycles. The first-order chi connectivity index (χ1) is 8.06. The topological polar surface area (TPSA) is 12.5 Å². The van der Waals surface area contributed by atoms with Gasteiger partial charge in [-0.05, 0) is 38.6 Å². The molecule has 4 heteroatoms. The standard InChI is InChI=1S/C13H19F2NO/c1-4-17-8-7-16(3)10(2)11-5-6-12(14)13(15)9-11/h5-6,9-10H,4,7-8H2,1-3H3. The first kappa shape index (κ1) is 14.1. The fourth-order valence-electron chi connectivity index (χ4n) is 1.57. The molecule has 0 spiro atoms. The van der Waals surface area contributed by atoms with Crippen molar-refractivity contribution in [2.75, 3.05) is 26.8 Å². The second-order valence-corrected chi connectivity index (χ2v) is 4.03. The predicted molar refractivity (Wildman–Crippen MR) is 63.9 cm³/mol. The predicted octanol–water partition coefficient (Wildman–Crippen LogP) is 2.99. The number of ether oxygens (including phenoxy) is 1. The van der Waals surface area contributed by atoms with Crippen molar-refractivity contribution in [2.45, 2.75) is 19.9 Å².